The van der Waals surface area contributed by atoms with Crippen LogP contribution in [0.3, 0.4) is 0 Å². The molecule has 0 saturated carbocycles. The van der Waals surface area contributed by atoms with Crippen LogP contribution in [0.25, 0.3) is 0 Å². The van der Waals surface area contributed by atoms with Crippen molar-refractivity contribution in [3.8, 4) is 0 Å². The van der Waals surface area contributed by atoms with Gasteiger partial charge in [0, 0.05) is 13.0 Å². The van der Waals surface area contributed by atoms with Gasteiger partial charge in [-0.25, -0.2) is 0 Å². The largest absolute Gasteiger partial charge is 0.379 e. The first-order valence-electron chi connectivity index (χ1n) is 2.31. The highest BCUT2D eigenvalue weighted by atomic mass is 32.9. The van der Waals surface area contributed by atoms with Gasteiger partial charge in [-0.05, 0) is 0 Å². The predicted molar refractivity (Wildman–Crippen MR) is 45.7 cm³/mol. The van der Waals surface area contributed by atoms with E-state index in [9.17, 15) is 4.79 Å². The van der Waals surface area contributed by atoms with Crippen LogP contribution >= 0.6 is 17.3 Å². The summed E-state index contributed by atoms with van der Waals surface area (Å²) in [7, 11) is 1.61. The molecule has 0 bridgehead atoms. The summed E-state index contributed by atoms with van der Waals surface area (Å²) in [5, 5.41) is 0. The fraction of sp³-hybridized carbons (Fsp3) is 0.750. The maximum Gasteiger partial charge on any atom is 0.209 e. The Morgan fingerprint density at radius 3 is 3.00 bits per heavy atom. The van der Waals surface area contributed by atoms with Crippen molar-refractivity contribution < 1.29 is 9.53 Å². The summed E-state index contributed by atoms with van der Waals surface area (Å²) < 4.78 is 4.79. The lowest BCUT2D eigenvalue weighted by molar-refractivity contribution is 0.257. The van der Waals surface area contributed by atoms with E-state index < -0.39 is 5.90 Å². The monoisotopic (exact) mass is 183 g/mol. The van der Waals surface area contributed by atoms with Crippen molar-refractivity contribution in [3.05, 3.63) is 0 Å². The summed E-state index contributed by atoms with van der Waals surface area (Å²) >= 11 is 6.43. The molecular formula is C4H8O2PS2. The van der Waals surface area contributed by atoms with E-state index in [0.717, 1.165) is 0 Å². The first-order chi connectivity index (χ1) is 4.31. The van der Waals surface area contributed by atoms with E-state index in [2.05, 4.69) is 0 Å². The van der Waals surface area contributed by atoms with E-state index in [1.54, 1.807) is 13.4 Å². The Hall–Kier alpha value is 0.630. The zero-order valence-electron chi connectivity index (χ0n) is 5.05. The van der Waals surface area contributed by atoms with Gasteiger partial charge >= 0.3 is 0 Å². The van der Waals surface area contributed by atoms with Crippen molar-refractivity contribution in [2.24, 2.45) is 0 Å². The van der Waals surface area contributed by atoms with Gasteiger partial charge in [-0.1, -0.05) is 11.8 Å². The maximum absolute atomic E-state index is 9.70. The van der Waals surface area contributed by atoms with Crippen LogP contribution in [0.1, 0.15) is 0 Å². The van der Waals surface area contributed by atoms with Gasteiger partial charge in [-0.15, -0.1) is 11.4 Å². The van der Waals surface area contributed by atoms with Gasteiger partial charge in [0.25, 0.3) is 0 Å². The number of hydrogen-bond acceptors (Lipinski definition) is 4. The Morgan fingerprint density at radius 1 is 1.89 bits per heavy atom. The summed E-state index contributed by atoms with van der Waals surface area (Å²) in [5.74, 6) is -0.498. The fourth-order valence-electron chi connectivity index (χ4n) is 0.269. The van der Waals surface area contributed by atoms with Gasteiger partial charge in [0.05, 0.1) is 12.1 Å². The standard InChI is InChI=1S/C4H8O2PS2/c1-6-4-7(8)9-3-2-5/h7H,3-4H2,1H3. The molecule has 2 nitrogen and oxygen atoms in total. The van der Waals surface area contributed by atoms with Crippen LogP contribution < -0.4 is 0 Å². The van der Waals surface area contributed by atoms with Gasteiger partial charge in [-0.3, -0.25) is 4.79 Å². The highest BCUT2D eigenvalue weighted by Crippen LogP contribution is 2.36. The lowest BCUT2D eigenvalue weighted by Crippen LogP contribution is -1.79. The number of ether oxygens (including phenoxy) is 1. The summed E-state index contributed by atoms with van der Waals surface area (Å²) in [4.78, 5) is 9.70. The Balaban J connectivity index is 3.16. The Kier molecular flexibility index (Phi) is 7.22. The van der Waals surface area contributed by atoms with Crippen molar-refractivity contribution in [2.75, 3.05) is 19.2 Å². The topological polar surface area (TPSA) is 26.3 Å². The molecule has 0 aromatic rings. The molecule has 0 saturated heterocycles. The van der Waals surface area contributed by atoms with Gasteiger partial charge in [0.15, 0.2) is 0 Å². The van der Waals surface area contributed by atoms with E-state index >= 15 is 0 Å². The molecule has 9 heavy (non-hydrogen) atoms. The highest BCUT2D eigenvalue weighted by molar-refractivity contribution is 8.64. The molecule has 0 aliphatic carbocycles. The van der Waals surface area contributed by atoms with E-state index in [4.69, 9.17) is 16.5 Å². The van der Waals surface area contributed by atoms with Crippen LogP contribution in [0.4, 0.5) is 0 Å². The quantitative estimate of drug-likeness (QED) is 0.594. The zero-order chi connectivity index (χ0) is 7.11. The molecule has 1 radical (unpaired) electrons. The third-order valence-electron chi connectivity index (χ3n) is 0.554. The molecule has 0 aromatic carbocycles. The van der Waals surface area contributed by atoms with Crippen LogP contribution in [0.5, 0.6) is 0 Å². The summed E-state index contributed by atoms with van der Waals surface area (Å²) in [6, 6.07) is 0. The number of carbonyl (C=O) groups excluding carboxylic acids is 1. The van der Waals surface area contributed by atoms with Gasteiger partial charge in [0.1, 0.15) is 0 Å². The average Bonchev–Trinajstić information content (AvgIpc) is 1.85. The van der Waals surface area contributed by atoms with Crippen LogP contribution in [0.15, 0.2) is 0 Å². The van der Waals surface area contributed by atoms with Gasteiger partial charge < -0.3 is 4.74 Å². The second-order valence-corrected chi connectivity index (χ2v) is 7.45. The third-order valence-corrected chi connectivity index (χ3v) is 4.83. The minimum atomic E-state index is -0.888. The van der Waals surface area contributed by atoms with Crippen LogP contribution in [0, 0.1) is 0 Å². The molecule has 0 aliphatic rings. The zero-order valence-corrected chi connectivity index (χ0v) is 7.68. The van der Waals surface area contributed by atoms with Crippen LogP contribution in [0.2, 0.25) is 0 Å². The second-order valence-electron chi connectivity index (χ2n) is 1.24. The van der Waals surface area contributed by atoms with Crippen LogP contribution in [-0.2, 0) is 21.3 Å². The molecule has 0 N–H and O–H groups in total. The fourth-order valence-corrected chi connectivity index (χ4v) is 2.96. The maximum atomic E-state index is 9.70. The first-order valence-corrected chi connectivity index (χ1v) is 6.86. The Morgan fingerprint density at radius 2 is 2.56 bits per heavy atom. The normalized spacial score (nSPS) is 13.0. The van der Waals surface area contributed by atoms with E-state index in [1.807, 2.05) is 0 Å². The summed E-state index contributed by atoms with van der Waals surface area (Å²) in [6.07, 6.45) is 2.39. The first kappa shape index (κ1) is 9.63. The van der Waals surface area contributed by atoms with Gasteiger partial charge in [-0.2, -0.15) is 0 Å². The lowest BCUT2D eigenvalue weighted by atomic mass is 10.9. The van der Waals surface area contributed by atoms with Crippen LogP contribution in [-0.4, -0.2) is 25.5 Å². The van der Waals surface area contributed by atoms with E-state index in [0.29, 0.717) is 12.1 Å². The van der Waals surface area contributed by atoms with Gasteiger partial charge in [0.2, 0.25) is 6.29 Å². The third kappa shape index (κ3) is 6.52. The Labute approximate surface area is 64.5 Å². The SMILES string of the molecule is COC[PH](=S)SC[C]=O. The number of hydrogen-bond donors (Lipinski definition) is 0. The molecular weight excluding hydrogens is 175 g/mol. The molecule has 53 valence electrons. The van der Waals surface area contributed by atoms with Crippen molar-refractivity contribution in [2.45, 2.75) is 0 Å². The molecule has 0 heterocycles. The molecule has 0 aliphatic heterocycles. The number of methoxy groups -OCH3 is 1. The molecule has 1 unspecified atom stereocenters. The van der Waals surface area contributed by atoms with Crippen molar-refractivity contribution in [1.29, 1.82) is 0 Å². The minimum absolute atomic E-state index is 0.390. The Bertz CT molecular complexity index is 107. The highest BCUT2D eigenvalue weighted by Gasteiger charge is 1.92. The second kappa shape index (κ2) is 6.75. The molecule has 0 rings (SSSR count). The van der Waals surface area contributed by atoms with E-state index in [-0.39, 0.29) is 0 Å². The average molecular weight is 183 g/mol. The molecule has 0 amide bonds. The molecule has 0 aromatic heterocycles. The molecule has 0 fully saturated rings. The molecule has 0 spiro atoms. The summed E-state index contributed by atoms with van der Waals surface area (Å²) in [6.45, 7) is 0. The van der Waals surface area contributed by atoms with Crippen molar-refractivity contribution >= 4 is 35.4 Å². The minimum Gasteiger partial charge on any atom is -0.379 e. The summed E-state index contributed by atoms with van der Waals surface area (Å²) in [5.41, 5.74) is 0. The molecule has 1 atom stereocenters. The molecule has 5 heteroatoms. The lowest BCUT2D eigenvalue weighted by Gasteiger charge is -1.97. The van der Waals surface area contributed by atoms with E-state index in [1.165, 1.54) is 11.4 Å². The predicted octanol–water partition coefficient (Wildman–Crippen LogP) is 1.02. The van der Waals surface area contributed by atoms with Crippen molar-refractivity contribution in [1.82, 2.24) is 0 Å². The van der Waals surface area contributed by atoms with Crippen molar-refractivity contribution in [3.63, 3.8) is 0 Å². The smallest absolute Gasteiger partial charge is 0.209 e. The number of rotatable bonds is 5.